The minimum atomic E-state index is -5.13. The van der Waals surface area contributed by atoms with Gasteiger partial charge in [-0.25, -0.2) is 4.57 Å². The van der Waals surface area contributed by atoms with Crippen molar-refractivity contribution in [3.63, 3.8) is 0 Å². The normalized spacial score (nSPS) is 22.9. The first-order chi connectivity index (χ1) is 28.4. The highest BCUT2D eigenvalue weighted by molar-refractivity contribution is 7.47. The molecule has 0 aromatic heterocycles. The topological polar surface area (TPSA) is 210 Å². The molecule has 0 aromatic carbocycles. The SMILES string of the molecule is CC/C=C/C/C=C/C/C=C/C/C=C/CCCCC(=O)OC[C@H](COP(=O)(O)OC1C(O)C(O)C(O)[C@@H](O)C1O)OC(=O)CCCC/C=C/CCCCCCCCCCC. The van der Waals surface area contributed by atoms with E-state index in [1.165, 1.54) is 57.8 Å². The number of esters is 2. The van der Waals surface area contributed by atoms with E-state index in [4.69, 9.17) is 18.5 Å². The van der Waals surface area contributed by atoms with E-state index >= 15 is 0 Å². The van der Waals surface area contributed by atoms with Gasteiger partial charge in [0.25, 0.3) is 0 Å². The molecule has 0 spiro atoms. The summed E-state index contributed by atoms with van der Waals surface area (Å²) in [5, 5.41) is 50.1. The Hall–Kier alpha value is -2.45. The number of allylic oxidation sites excluding steroid dienone is 10. The number of rotatable bonds is 35. The smallest absolute Gasteiger partial charge is 0.462 e. The first-order valence-corrected chi connectivity index (χ1v) is 23.6. The standard InChI is InChI=1S/C45H77O13P/c1-3-5-7-9-11-13-15-17-19-21-23-25-27-29-31-33-38(46)55-35-37(36-56-59(53,54)58-45-43(51)41(49)40(48)42(50)44(45)52)57-39(47)34-32-30-28-26-24-22-20-18-16-14-12-10-8-6-4-2/h5,7,11,13,17,19,23-26,37,40-45,48-52H,3-4,6,8-10,12,14-16,18,20-22,27-36H2,1-2H3,(H,53,54)/b7-5+,13-11+,19-17+,25-23+,26-24+/t37-,40?,41-,42?,43?,44?,45?/m1/s1. The molecule has 1 aliphatic rings. The molecule has 0 aromatic rings. The Kier molecular flexibility index (Phi) is 32.5. The lowest BCUT2D eigenvalue weighted by atomic mass is 9.85. The Bertz CT molecular complexity index is 1270. The quantitative estimate of drug-likeness (QED) is 0.0154. The number of aliphatic hydroxyl groups excluding tert-OH is 5. The van der Waals surface area contributed by atoms with Gasteiger partial charge in [0.1, 0.15) is 43.2 Å². The molecule has 6 unspecified atom stereocenters. The lowest BCUT2D eigenvalue weighted by molar-refractivity contribution is -0.220. The van der Waals surface area contributed by atoms with Crippen LogP contribution < -0.4 is 0 Å². The number of carbonyl (C=O) groups excluding carboxylic acids is 2. The van der Waals surface area contributed by atoms with Crippen LogP contribution in [0.15, 0.2) is 60.8 Å². The average Bonchev–Trinajstić information content (AvgIpc) is 3.21. The highest BCUT2D eigenvalue weighted by Crippen LogP contribution is 2.47. The molecule has 59 heavy (non-hydrogen) atoms. The van der Waals surface area contributed by atoms with Crippen LogP contribution in [0.4, 0.5) is 0 Å². The van der Waals surface area contributed by atoms with Gasteiger partial charge in [-0.15, -0.1) is 0 Å². The maximum absolute atomic E-state index is 12.8. The molecule has 0 radical (unpaired) electrons. The predicted molar refractivity (Wildman–Crippen MR) is 230 cm³/mol. The van der Waals surface area contributed by atoms with Crippen molar-refractivity contribution in [2.24, 2.45) is 0 Å². The third-order valence-corrected chi connectivity index (χ3v) is 10.8. The Morgan fingerprint density at radius 1 is 0.542 bits per heavy atom. The Labute approximate surface area is 353 Å². The second-order valence-electron chi connectivity index (χ2n) is 15.2. The second-order valence-corrected chi connectivity index (χ2v) is 16.6. The highest BCUT2D eigenvalue weighted by Gasteiger charge is 2.51. The van der Waals surface area contributed by atoms with Crippen molar-refractivity contribution in [3.8, 4) is 0 Å². The molecule has 340 valence electrons. The van der Waals surface area contributed by atoms with Crippen LogP contribution >= 0.6 is 7.82 Å². The maximum Gasteiger partial charge on any atom is 0.472 e. The highest BCUT2D eigenvalue weighted by atomic mass is 31.2. The zero-order valence-corrected chi connectivity index (χ0v) is 36.7. The number of hydrogen-bond donors (Lipinski definition) is 6. The monoisotopic (exact) mass is 857 g/mol. The van der Waals surface area contributed by atoms with Gasteiger partial charge in [-0.2, -0.15) is 0 Å². The molecule has 0 aliphatic heterocycles. The summed E-state index contributed by atoms with van der Waals surface area (Å²) in [7, 11) is -5.13. The first kappa shape index (κ1) is 54.6. The molecule has 1 fully saturated rings. The van der Waals surface area contributed by atoms with E-state index in [2.05, 4.69) is 74.6 Å². The summed E-state index contributed by atoms with van der Waals surface area (Å²) >= 11 is 0. The van der Waals surface area contributed by atoms with Gasteiger partial charge < -0.3 is 39.9 Å². The van der Waals surface area contributed by atoms with E-state index in [-0.39, 0.29) is 12.8 Å². The molecule has 0 saturated heterocycles. The summed E-state index contributed by atoms with van der Waals surface area (Å²) in [6.45, 7) is 3.11. The number of unbranched alkanes of at least 4 members (excludes halogenated alkanes) is 13. The Morgan fingerprint density at radius 3 is 1.49 bits per heavy atom. The summed E-state index contributed by atoms with van der Waals surface area (Å²) in [4.78, 5) is 35.6. The van der Waals surface area contributed by atoms with Crippen LogP contribution in [0.3, 0.4) is 0 Å². The summed E-state index contributed by atoms with van der Waals surface area (Å²) in [6.07, 6.45) is 28.6. The Balaban J connectivity index is 2.53. The number of aliphatic hydroxyl groups is 5. The van der Waals surface area contributed by atoms with Gasteiger partial charge in [0.15, 0.2) is 6.10 Å². The van der Waals surface area contributed by atoms with Gasteiger partial charge in [0.2, 0.25) is 0 Å². The van der Waals surface area contributed by atoms with Crippen LogP contribution in [0.2, 0.25) is 0 Å². The lowest BCUT2D eigenvalue weighted by Crippen LogP contribution is -2.64. The van der Waals surface area contributed by atoms with E-state index in [9.17, 15) is 44.6 Å². The predicted octanol–water partition coefficient (Wildman–Crippen LogP) is 8.16. The molecular formula is C45H77O13P. The van der Waals surface area contributed by atoms with E-state index in [1.54, 1.807) is 0 Å². The number of hydrogen-bond acceptors (Lipinski definition) is 12. The third-order valence-electron chi connectivity index (χ3n) is 9.84. The largest absolute Gasteiger partial charge is 0.472 e. The van der Waals surface area contributed by atoms with Crippen LogP contribution in [0, 0.1) is 0 Å². The average molecular weight is 857 g/mol. The second kappa shape index (κ2) is 35.2. The van der Waals surface area contributed by atoms with Crippen LogP contribution in [0.5, 0.6) is 0 Å². The molecule has 1 rings (SSSR count). The summed E-state index contributed by atoms with van der Waals surface area (Å²) in [5.41, 5.74) is 0. The fraction of sp³-hybridized carbons (Fsp3) is 0.733. The van der Waals surface area contributed by atoms with E-state index < -0.39 is 75.7 Å². The van der Waals surface area contributed by atoms with E-state index in [0.29, 0.717) is 12.8 Å². The van der Waals surface area contributed by atoms with Crippen LogP contribution in [0.25, 0.3) is 0 Å². The van der Waals surface area contributed by atoms with Crippen LogP contribution in [-0.2, 0) is 32.7 Å². The first-order valence-electron chi connectivity index (χ1n) is 22.1. The molecule has 0 bridgehead atoms. The van der Waals surface area contributed by atoms with Crippen molar-refractivity contribution in [3.05, 3.63) is 60.8 Å². The maximum atomic E-state index is 12.8. The van der Waals surface area contributed by atoms with Crippen LogP contribution in [0.1, 0.15) is 155 Å². The third kappa shape index (κ3) is 27.9. The molecule has 0 amide bonds. The van der Waals surface area contributed by atoms with Gasteiger partial charge >= 0.3 is 19.8 Å². The number of phosphoric acid groups is 1. The number of carbonyl (C=O) groups is 2. The minimum absolute atomic E-state index is 0.0552. The molecule has 14 heteroatoms. The van der Waals surface area contributed by atoms with Gasteiger partial charge in [-0.05, 0) is 77.0 Å². The molecule has 13 nitrogen and oxygen atoms in total. The van der Waals surface area contributed by atoms with Crippen molar-refractivity contribution in [1.29, 1.82) is 0 Å². The van der Waals surface area contributed by atoms with Crippen LogP contribution in [-0.4, -0.2) is 98.3 Å². The van der Waals surface area contributed by atoms with Gasteiger partial charge in [0, 0.05) is 12.8 Å². The molecule has 8 atom stereocenters. The fourth-order valence-corrected chi connectivity index (χ4v) is 7.24. The van der Waals surface area contributed by atoms with E-state index in [1.807, 2.05) is 0 Å². The van der Waals surface area contributed by atoms with Gasteiger partial charge in [0.05, 0.1) is 6.61 Å². The van der Waals surface area contributed by atoms with Crippen molar-refractivity contribution >= 4 is 19.8 Å². The molecule has 1 aliphatic carbocycles. The summed E-state index contributed by atoms with van der Waals surface area (Å²) in [5.74, 6) is -1.18. The van der Waals surface area contributed by atoms with E-state index in [0.717, 1.165) is 57.8 Å². The molecule has 1 saturated carbocycles. The molecule has 0 heterocycles. The Morgan fingerprint density at radius 2 is 0.966 bits per heavy atom. The number of ether oxygens (including phenoxy) is 2. The van der Waals surface area contributed by atoms with Crippen molar-refractivity contribution in [1.82, 2.24) is 0 Å². The summed E-state index contributed by atoms with van der Waals surface area (Å²) in [6, 6.07) is 0. The van der Waals surface area contributed by atoms with Crippen molar-refractivity contribution in [2.45, 2.75) is 198 Å². The molecule has 6 N–H and O–H groups in total. The van der Waals surface area contributed by atoms with Gasteiger partial charge in [-0.3, -0.25) is 18.6 Å². The van der Waals surface area contributed by atoms with Gasteiger partial charge in [-0.1, -0.05) is 126 Å². The zero-order valence-electron chi connectivity index (χ0n) is 35.8. The minimum Gasteiger partial charge on any atom is -0.462 e. The van der Waals surface area contributed by atoms with Crippen molar-refractivity contribution in [2.75, 3.05) is 13.2 Å². The zero-order chi connectivity index (χ0) is 43.6. The van der Waals surface area contributed by atoms with Crippen molar-refractivity contribution < 1.29 is 63.1 Å². The molecular weight excluding hydrogens is 779 g/mol. The fourth-order valence-electron chi connectivity index (χ4n) is 6.27. The number of phosphoric ester groups is 1. The summed E-state index contributed by atoms with van der Waals surface area (Å²) < 4.78 is 33.4. The lowest BCUT2D eigenvalue weighted by Gasteiger charge is -2.41.